The van der Waals surface area contributed by atoms with Crippen molar-refractivity contribution in [2.45, 2.75) is 32.5 Å². The van der Waals surface area contributed by atoms with Gasteiger partial charge in [-0.3, -0.25) is 9.10 Å². The number of anilines is 1. The van der Waals surface area contributed by atoms with E-state index in [1.807, 2.05) is 18.2 Å². The summed E-state index contributed by atoms with van der Waals surface area (Å²) in [6, 6.07) is 7.37. The molecule has 110 valence electrons. The minimum absolute atomic E-state index is 0.0604. The summed E-state index contributed by atoms with van der Waals surface area (Å²) in [5.41, 5.74) is 1.62. The molecule has 0 N–H and O–H groups in total. The molecule has 0 bridgehead atoms. The Hall–Kier alpha value is -1.40. The third-order valence-electron chi connectivity index (χ3n) is 3.45. The molecule has 1 aliphatic rings. The van der Waals surface area contributed by atoms with Crippen molar-refractivity contribution < 1.29 is 17.9 Å². The fourth-order valence-electron chi connectivity index (χ4n) is 2.31. The van der Waals surface area contributed by atoms with Gasteiger partial charge >= 0.3 is 0 Å². The highest BCUT2D eigenvalue weighted by Crippen LogP contribution is 2.30. The molecule has 0 saturated carbocycles. The van der Waals surface area contributed by atoms with Gasteiger partial charge in [0.05, 0.1) is 24.6 Å². The monoisotopic (exact) mass is 297 g/mol. The number of ether oxygens (including phenoxy) is 1. The van der Waals surface area contributed by atoms with E-state index in [-0.39, 0.29) is 18.4 Å². The van der Waals surface area contributed by atoms with Crippen LogP contribution < -0.4 is 4.31 Å². The number of hydrogen-bond donors (Lipinski definition) is 0. The van der Waals surface area contributed by atoms with Crippen LogP contribution in [-0.4, -0.2) is 39.2 Å². The van der Waals surface area contributed by atoms with E-state index in [0.29, 0.717) is 12.1 Å². The Bertz CT molecular complexity index is 611. The number of para-hydroxylation sites is 1. The van der Waals surface area contributed by atoms with Crippen molar-refractivity contribution in [1.29, 1.82) is 0 Å². The first kappa shape index (κ1) is 15.0. The van der Waals surface area contributed by atoms with Crippen LogP contribution in [0.5, 0.6) is 0 Å². The first-order valence-corrected chi connectivity index (χ1v) is 8.35. The third kappa shape index (κ3) is 3.19. The standard InChI is InChI=1S/C14H19NO4S/c1-10(16)11(2)19-13-8-12-6-4-5-7-14(12)15(9-13)20(3,17)18/h4-7,11,13H,8-9H2,1-3H3/t11?,13-/m1/s1. The van der Waals surface area contributed by atoms with E-state index in [0.717, 1.165) is 5.56 Å². The summed E-state index contributed by atoms with van der Waals surface area (Å²) in [7, 11) is -3.36. The van der Waals surface area contributed by atoms with Crippen LogP contribution in [0.3, 0.4) is 0 Å². The molecule has 1 aromatic carbocycles. The van der Waals surface area contributed by atoms with Crippen LogP contribution in [0.25, 0.3) is 0 Å². The molecule has 0 aromatic heterocycles. The second-order valence-electron chi connectivity index (χ2n) is 5.14. The molecule has 1 aromatic rings. The Morgan fingerprint density at radius 1 is 1.40 bits per heavy atom. The van der Waals surface area contributed by atoms with Crippen molar-refractivity contribution in [2.75, 3.05) is 17.1 Å². The Balaban J connectivity index is 2.29. The van der Waals surface area contributed by atoms with Gasteiger partial charge in [0.25, 0.3) is 0 Å². The number of fused-ring (bicyclic) bond motifs is 1. The molecule has 0 amide bonds. The van der Waals surface area contributed by atoms with Gasteiger partial charge in [-0.2, -0.15) is 0 Å². The van der Waals surface area contributed by atoms with Gasteiger partial charge in [0.2, 0.25) is 10.0 Å². The molecule has 2 rings (SSSR count). The summed E-state index contributed by atoms with van der Waals surface area (Å²) < 4.78 is 30.9. The zero-order valence-electron chi connectivity index (χ0n) is 11.9. The van der Waals surface area contributed by atoms with Crippen molar-refractivity contribution in [1.82, 2.24) is 0 Å². The van der Waals surface area contributed by atoms with E-state index < -0.39 is 16.1 Å². The molecule has 1 unspecified atom stereocenters. The lowest BCUT2D eigenvalue weighted by Crippen LogP contribution is -2.44. The van der Waals surface area contributed by atoms with Crippen LogP contribution in [0.4, 0.5) is 5.69 Å². The van der Waals surface area contributed by atoms with Crippen molar-refractivity contribution in [3.05, 3.63) is 29.8 Å². The quantitative estimate of drug-likeness (QED) is 0.842. The van der Waals surface area contributed by atoms with Crippen molar-refractivity contribution >= 4 is 21.5 Å². The molecule has 0 radical (unpaired) electrons. The number of Topliss-reactive ketones (excluding diaryl/α,β-unsaturated/α-hetero) is 1. The lowest BCUT2D eigenvalue weighted by Gasteiger charge is -2.35. The molecular formula is C14H19NO4S. The summed E-state index contributed by atoms with van der Waals surface area (Å²) in [4.78, 5) is 11.3. The average molecular weight is 297 g/mol. The number of hydrogen-bond acceptors (Lipinski definition) is 4. The predicted octanol–water partition coefficient (Wildman–Crippen LogP) is 1.37. The minimum Gasteiger partial charge on any atom is -0.365 e. The zero-order chi connectivity index (χ0) is 14.9. The summed E-state index contributed by atoms with van der Waals surface area (Å²) >= 11 is 0. The zero-order valence-corrected chi connectivity index (χ0v) is 12.7. The Kier molecular flexibility index (Phi) is 4.15. The summed E-state index contributed by atoms with van der Waals surface area (Å²) in [5, 5.41) is 0. The molecule has 5 nitrogen and oxygen atoms in total. The highest BCUT2D eigenvalue weighted by molar-refractivity contribution is 7.92. The summed E-state index contributed by atoms with van der Waals surface area (Å²) in [6.07, 6.45) is 0.964. The van der Waals surface area contributed by atoms with Gasteiger partial charge in [-0.1, -0.05) is 18.2 Å². The van der Waals surface area contributed by atoms with Gasteiger partial charge in [0.15, 0.2) is 5.78 Å². The normalized spacial score (nSPS) is 20.4. The van der Waals surface area contributed by atoms with E-state index in [1.54, 1.807) is 13.0 Å². The predicted molar refractivity (Wildman–Crippen MR) is 77.4 cm³/mol. The number of carbonyl (C=O) groups excluding carboxylic acids is 1. The fourth-order valence-corrected chi connectivity index (χ4v) is 3.28. The first-order chi connectivity index (χ1) is 9.29. The van der Waals surface area contributed by atoms with Gasteiger partial charge in [-0.15, -0.1) is 0 Å². The van der Waals surface area contributed by atoms with Crippen LogP contribution in [0.1, 0.15) is 19.4 Å². The molecule has 0 spiro atoms. The third-order valence-corrected chi connectivity index (χ3v) is 4.59. The maximum absolute atomic E-state index is 11.9. The van der Waals surface area contributed by atoms with Crippen molar-refractivity contribution in [3.63, 3.8) is 0 Å². The molecule has 20 heavy (non-hydrogen) atoms. The number of carbonyl (C=O) groups is 1. The van der Waals surface area contributed by atoms with Gasteiger partial charge in [-0.05, 0) is 25.5 Å². The van der Waals surface area contributed by atoms with Crippen LogP contribution in [0.2, 0.25) is 0 Å². The summed E-state index contributed by atoms with van der Waals surface area (Å²) in [5.74, 6) is -0.0604. The number of rotatable bonds is 4. The molecule has 0 aliphatic carbocycles. The lowest BCUT2D eigenvalue weighted by atomic mass is 10.0. The fraction of sp³-hybridized carbons (Fsp3) is 0.500. The number of nitrogens with zero attached hydrogens (tertiary/aromatic N) is 1. The van der Waals surface area contributed by atoms with Crippen LogP contribution >= 0.6 is 0 Å². The maximum Gasteiger partial charge on any atom is 0.232 e. The van der Waals surface area contributed by atoms with Crippen LogP contribution in [0, 0.1) is 0 Å². The van der Waals surface area contributed by atoms with Crippen LogP contribution in [-0.2, 0) is 26.0 Å². The van der Waals surface area contributed by atoms with Crippen LogP contribution in [0.15, 0.2) is 24.3 Å². The molecule has 2 atom stereocenters. The van der Waals surface area contributed by atoms with E-state index >= 15 is 0 Å². The molecule has 1 heterocycles. The first-order valence-electron chi connectivity index (χ1n) is 6.50. The molecule has 1 aliphatic heterocycles. The molecule has 0 fully saturated rings. The lowest BCUT2D eigenvalue weighted by molar-refractivity contribution is -0.130. The largest absolute Gasteiger partial charge is 0.365 e. The Labute approximate surface area is 119 Å². The van der Waals surface area contributed by atoms with E-state index in [9.17, 15) is 13.2 Å². The van der Waals surface area contributed by atoms with E-state index in [2.05, 4.69) is 0 Å². The minimum atomic E-state index is -3.36. The topological polar surface area (TPSA) is 63.7 Å². The van der Waals surface area contributed by atoms with Crippen molar-refractivity contribution in [2.24, 2.45) is 0 Å². The smallest absolute Gasteiger partial charge is 0.232 e. The average Bonchev–Trinajstić information content (AvgIpc) is 2.36. The maximum atomic E-state index is 11.9. The SMILES string of the molecule is CC(=O)C(C)O[C@@H]1Cc2ccccc2N(S(C)(=O)=O)C1. The van der Waals surface area contributed by atoms with Gasteiger partial charge in [0, 0.05) is 6.42 Å². The number of sulfonamides is 1. The molecule has 0 saturated heterocycles. The highest BCUT2D eigenvalue weighted by Gasteiger charge is 2.31. The highest BCUT2D eigenvalue weighted by atomic mass is 32.2. The Morgan fingerprint density at radius 3 is 2.65 bits per heavy atom. The molecular weight excluding hydrogens is 278 g/mol. The van der Waals surface area contributed by atoms with Gasteiger partial charge < -0.3 is 4.74 Å². The van der Waals surface area contributed by atoms with Crippen molar-refractivity contribution in [3.8, 4) is 0 Å². The van der Waals surface area contributed by atoms with E-state index in [4.69, 9.17) is 4.74 Å². The Morgan fingerprint density at radius 2 is 2.05 bits per heavy atom. The summed E-state index contributed by atoms with van der Waals surface area (Å²) in [6.45, 7) is 3.40. The molecule has 6 heteroatoms. The van der Waals surface area contributed by atoms with Gasteiger partial charge in [0.1, 0.15) is 6.10 Å². The van der Waals surface area contributed by atoms with Gasteiger partial charge in [-0.25, -0.2) is 8.42 Å². The second-order valence-corrected chi connectivity index (χ2v) is 7.04. The number of benzene rings is 1. The number of ketones is 1. The van der Waals surface area contributed by atoms with E-state index in [1.165, 1.54) is 17.5 Å². The second kappa shape index (κ2) is 5.54.